The third-order valence-electron chi connectivity index (χ3n) is 2.18. The number of hydrogen-bond donors (Lipinski definition) is 2. The van der Waals surface area contributed by atoms with Crippen LogP contribution in [0.5, 0.6) is 0 Å². The van der Waals surface area contributed by atoms with Crippen LogP contribution in [-0.2, 0) is 20.9 Å². The van der Waals surface area contributed by atoms with E-state index in [1.165, 1.54) is 7.05 Å². The average molecular weight is 252 g/mol. The van der Waals surface area contributed by atoms with Gasteiger partial charge in [0.1, 0.15) is 0 Å². The largest absolute Gasteiger partial charge is 0.434 e. The third-order valence-corrected chi connectivity index (χ3v) is 2.18. The van der Waals surface area contributed by atoms with Gasteiger partial charge in [0.05, 0.1) is 13.2 Å². The Morgan fingerprint density at radius 2 is 2.00 bits per heavy atom. The standard InChI is InChI=1S/C12H16N2O4/c1-14-11(15)10(18-12(13)16)8-17-7-9-5-3-2-4-6-9/h2-6,10H,7-8H2,1H3,(H2,13,16)(H,14,15)/t10-/m0/s1. The molecule has 1 aromatic carbocycles. The molecule has 2 amide bonds. The fourth-order valence-corrected chi connectivity index (χ4v) is 1.32. The molecule has 0 unspecified atom stereocenters. The van der Waals surface area contributed by atoms with E-state index in [1.54, 1.807) is 0 Å². The van der Waals surface area contributed by atoms with Crippen molar-refractivity contribution in [2.75, 3.05) is 13.7 Å². The van der Waals surface area contributed by atoms with Gasteiger partial charge < -0.3 is 20.5 Å². The van der Waals surface area contributed by atoms with Crippen molar-refractivity contribution in [3.63, 3.8) is 0 Å². The van der Waals surface area contributed by atoms with E-state index >= 15 is 0 Å². The second kappa shape index (κ2) is 7.29. The van der Waals surface area contributed by atoms with Crippen LogP contribution >= 0.6 is 0 Å². The fourth-order valence-electron chi connectivity index (χ4n) is 1.32. The Morgan fingerprint density at radius 3 is 2.56 bits per heavy atom. The van der Waals surface area contributed by atoms with E-state index in [-0.39, 0.29) is 6.61 Å². The van der Waals surface area contributed by atoms with Gasteiger partial charge in [-0.15, -0.1) is 0 Å². The first kappa shape index (κ1) is 14.0. The van der Waals surface area contributed by atoms with E-state index in [1.807, 2.05) is 30.3 Å². The number of nitrogens with two attached hydrogens (primary N) is 1. The molecule has 0 saturated carbocycles. The number of benzene rings is 1. The summed E-state index contributed by atoms with van der Waals surface area (Å²) in [5.41, 5.74) is 5.84. The van der Waals surface area contributed by atoms with Gasteiger partial charge in [-0.3, -0.25) is 4.79 Å². The van der Waals surface area contributed by atoms with Crippen molar-refractivity contribution in [2.45, 2.75) is 12.7 Å². The summed E-state index contributed by atoms with van der Waals surface area (Å²) in [5.74, 6) is -0.457. The van der Waals surface area contributed by atoms with Crippen LogP contribution in [0.1, 0.15) is 5.56 Å². The minimum atomic E-state index is -1.03. The van der Waals surface area contributed by atoms with E-state index in [0.29, 0.717) is 6.61 Å². The summed E-state index contributed by atoms with van der Waals surface area (Å²) in [6.07, 6.45) is -2.04. The van der Waals surface area contributed by atoms with Crippen LogP contribution in [0.25, 0.3) is 0 Å². The average Bonchev–Trinajstić information content (AvgIpc) is 2.37. The van der Waals surface area contributed by atoms with Crippen molar-refractivity contribution in [1.82, 2.24) is 5.32 Å². The molecule has 0 bridgehead atoms. The van der Waals surface area contributed by atoms with E-state index in [9.17, 15) is 9.59 Å². The highest BCUT2D eigenvalue weighted by molar-refractivity contribution is 5.83. The molecule has 0 aliphatic carbocycles. The summed E-state index contributed by atoms with van der Waals surface area (Å²) < 4.78 is 9.95. The monoisotopic (exact) mass is 252 g/mol. The number of rotatable bonds is 6. The Kier molecular flexibility index (Phi) is 5.66. The summed E-state index contributed by atoms with van der Waals surface area (Å²) >= 11 is 0. The van der Waals surface area contributed by atoms with Crippen LogP contribution in [0, 0.1) is 0 Å². The van der Waals surface area contributed by atoms with Crippen molar-refractivity contribution in [3.8, 4) is 0 Å². The second-order valence-electron chi connectivity index (χ2n) is 3.54. The van der Waals surface area contributed by atoms with Gasteiger partial charge in [0.2, 0.25) is 6.10 Å². The van der Waals surface area contributed by atoms with Crippen molar-refractivity contribution >= 4 is 12.0 Å². The van der Waals surface area contributed by atoms with E-state index in [4.69, 9.17) is 10.5 Å². The fraction of sp³-hybridized carbons (Fsp3) is 0.333. The highest BCUT2D eigenvalue weighted by atomic mass is 16.6. The Balaban J connectivity index is 2.42. The number of hydrogen-bond acceptors (Lipinski definition) is 4. The molecule has 1 atom stereocenters. The maximum atomic E-state index is 11.4. The van der Waals surface area contributed by atoms with Crippen LogP contribution in [0.15, 0.2) is 30.3 Å². The number of ether oxygens (including phenoxy) is 2. The first-order chi connectivity index (χ1) is 8.63. The van der Waals surface area contributed by atoms with Crippen LogP contribution in [-0.4, -0.2) is 31.8 Å². The number of carbonyl (C=O) groups is 2. The zero-order valence-corrected chi connectivity index (χ0v) is 10.1. The summed E-state index contributed by atoms with van der Waals surface area (Å²) in [5, 5.41) is 2.37. The summed E-state index contributed by atoms with van der Waals surface area (Å²) in [4.78, 5) is 22.0. The van der Waals surface area contributed by atoms with Gasteiger partial charge in [0.15, 0.2) is 0 Å². The molecule has 0 radical (unpaired) electrons. The normalized spacial score (nSPS) is 11.6. The molecule has 6 heteroatoms. The molecule has 0 saturated heterocycles. The lowest BCUT2D eigenvalue weighted by atomic mass is 10.2. The van der Waals surface area contributed by atoms with Gasteiger partial charge >= 0.3 is 6.09 Å². The second-order valence-corrected chi connectivity index (χ2v) is 3.54. The Hall–Kier alpha value is -2.08. The molecule has 0 heterocycles. The number of likely N-dealkylation sites (N-methyl/N-ethyl adjacent to an activating group) is 1. The Labute approximate surface area is 105 Å². The smallest absolute Gasteiger partial charge is 0.405 e. The highest BCUT2D eigenvalue weighted by Crippen LogP contribution is 2.02. The lowest BCUT2D eigenvalue weighted by molar-refractivity contribution is -0.132. The number of carbonyl (C=O) groups excluding carboxylic acids is 2. The zero-order valence-electron chi connectivity index (χ0n) is 10.1. The highest BCUT2D eigenvalue weighted by Gasteiger charge is 2.20. The predicted molar refractivity (Wildman–Crippen MR) is 64.6 cm³/mol. The van der Waals surface area contributed by atoms with Gasteiger partial charge in [-0.1, -0.05) is 30.3 Å². The molecule has 1 rings (SSSR count). The third kappa shape index (κ3) is 4.84. The number of amides is 2. The predicted octanol–water partition coefficient (Wildman–Crippen LogP) is 0.413. The van der Waals surface area contributed by atoms with Gasteiger partial charge in [-0.2, -0.15) is 0 Å². The first-order valence-corrected chi connectivity index (χ1v) is 5.43. The van der Waals surface area contributed by atoms with Crippen LogP contribution in [0.4, 0.5) is 4.79 Å². The van der Waals surface area contributed by atoms with Crippen molar-refractivity contribution in [1.29, 1.82) is 0 Å². The summed E-state index contributed by atoms with van der Waals surface area (Å²) in [6.45, 7) is 0.286. The lowest BCUT2D eigenvalue weighted by Crippen LogP contribution is -2.40. The molecule has 0 aromatic heterocycles. The Morgan fingerprint density at radius 1 is 1.33 bits per heavy atom. The summed E-state index contributed by atoms with van der Waals surface area (Å²) in [7, 11) is 1.44. The van der Waals surface area contributed by atoms with Gasteiger partial charge in [-0.25, -0.2) is 4.79 Å². The number of nitrogens with one attached hydrogen (secondary N) is 1. The molecule has 3 N–H and O–H groups in total. The maximum absolute atomic E-state index is 11.4. The molecule has 0 aliphatic heterocycles. The molecule has 98 valence electrons. The lowest BCUT2D eigenvalue weighted by Gasteiger charge is -2.15. The molecule has 0 aliphatic rings. The van der Waals surface area contributed by atoms with E-state index in [0.717, 1.165) is 5.56 Å². The van der Waals surface area contributed by atoms with Crippen LogP contribution < -0.4 is 11.1 Å². The van der Waals surface area contributed by atoms with Crippen molar-refractivity contribution in [2.24, 2.45) is 5.73 Å². The minimum absolute atomic E-state index is 0.0441. The van der Waals surface area contributed by atoms with Gasteiger partial charge in [0.25, 0.3) is 5.91 Å². The van der Waals surface area contributed by atoms with Gasteiger partial charge in [0, 0.05) is 7.05 Å². The quantitative estimate of drug-likeness (QED) is 0.767. The topological polar surface area (TPSA) is 90.7 Å². The Bertz CT molecular complexity index is 394. The molecular weight excluding hydrogens is 236 g/mol. The first-order valence-electron chi connectivity index (χ1n) is 5.43. The maximum Gasteiger partial charge on any atom is 0.405 e. The zero-order chi connectivity index (χ0) is 13.4. The van der Waals surface area contributed by atoms with Crippen molar-refractivity contribution < 1.29 is 19.1 Å². The van der Waals surface area contributed by atoms with Crippen molar-refractivity contribution in [3.05, 3.63) is 35.9 Å². The van der Waals surface area contributed by atoms with E-state index in [2.05, 4.69) is 10.1 Å². The molecule has 1 aromatic rings. The molecule has 6 nitrogen and oxygen atoms in total. The molecule has 0 spiro atoms. The SMILES string of the molecule is CNC(=O)[C@H](COCc1ccccc1)OC(N)=O. The number of primary amides is 1. The van der Waals surface area contributed by atoms with Crippen LogP contribution in [0.3, 0.4) is 0 Å². The minimum Gasteiger partial charge on any atom is -0.434 e. The molecule has 0 fully saturated rings. The van der Waals surface area contributed by atoms with E-state index < -0.39 is 18.1 Å². The molecular formula is C12H16N2O4. The summed E-state index contributed by atoms with van der Waals surface area (Å²) in [6, 6.07) is 9.45. The van der Waals surface area contributed by atoms with Crippen LogP contribution in [0.2, 0.25) is 0 Å². The van der Waals surface area contributed by atoms with Gasteiger partial charge in [-0.05, 0) is 5.56 Å². The molecule has 18 heavy (non-hydrogen) atoms.